The Morgan fingerprint density at radius 1 is 1.17 bits per heavy atom. The Labute approximate surface area is 112 Å². The van der Waals surface area contributed by atoms with Gasteiger partial charge in [0.2, 0.25) is 0 Å². The monoisotopic (exact) mass is 254 g/mol. The van der Waals surface area contributed by atoms with Gasteiger partial charge in [0, 0.05) is 45.4 Å². The molecule has 2 saturated heterocycles. The summed E-state index contributed by atoms with van der Waals surface area (Å²) in [5, 5.41) is 0. The Balaban J connectivity index is 1.57. The van der Waals surface area contributed by atoms with Crippen molar-refractivity contribution >= 4 is 0 Å². The van der Waals surface area contributed by atoms with Crippen LogP contribution in [0, 0.1) is 5.92 Å². The van der Waals surface area contributed by atoms with Crippen LogP contribution >= 0.6 is 0 Å². The van der Waals surface area contributed by atoms with Crippen molar-refractivity contribution in [3.63, 3.8) is 0 Å². The maximum Gasteiger partial charge on any atom is 0.0489 e. The highest BCUT2D eigenvalue weighted by atomic mass is 16.5. The molecule has 0 spiro atoms. The molecule has 2 heterocycles. The third-order valence-electron chi connectivity index (χ3n) is 4.14. The van der Waals surface area contributed by atoms with Crippen molar-refractivity contribution in [1.82, 2.24) is 9.80 Å². The van der Waals surface area contributed by atoms with Crippen molar-refractivity contribution in [2.24, 2.45) is 5.92 Å². The van der Waals surface area contributed by atoms with Crippen molar-refractivity contribution in [3.8, 4) is 0 Å². The van der Waals surface area contributed by atoms with E-state index in [1.807, 2.05) is 0 Å². The van der Waals surface area contributed by atoms with Crippen molar-refractivity contribution in [2.75, 3.05) is 45.9 Å². The normalized spacial score (nSPS) is 26.5. The molecule has 2 aliphatic rings. The van der Waals surface area contributed by atoms with Gasteiger partial charge in [-0.15, -0.1) is 0 Å². The lowest BCUT2D eigenvalue weighted by Gasteiger charge is -2.44. The second-order valence-corrected chi connectivity index (χ2v) is 6.31. The van der Waals surface area contributed by atoms with Gasteiger partial charge in [0.05, 0.1) is 0 Å². The van der Waals surface area contributed by atoms with Gasteiger partial charge in [0.15, 0.2) is 0 Å². The van der Waals surface area contributed by atoms with E-state index in [0.717, 1.165) is 19.3 Å². The Bertz CT molecular complexity index is 233. The largest absolute Gasteiger partial charge is 0.381 e. The minimum absolute atomic E-state index is 0.663. The van der Waals surface area contributed by atoms with Gasteiger partial charge in [0.1, 0.15) is 0 Å². The summed E-state index contributed by atoms with van der Waals surface area (Å²) in [4.78, 5) is 5.35. The molecule has 1 unspecified atom stereocenters. The van der Waals surface area contributed by atoms with Gasteiger partial charge in [-0.3, -0.25) is 4.90 Å². The molecule has 0 aromatic carbocycles. The fourth-order valence-corrected chi connectivity index (χ4v) is 3.13. The summed E-state index contributed by atoms with van der Waals surface area (Å²) in [6.45, 7) is 12.7. The van der Waals surface area contributed by atoms with Crippen LogP contribution in [0.4, 0.5) is 0 Å². The first-order valence-corrected chi connectivity index (χ1v) is 7.80. The van der Waals surface area contributed by atoms with Gasteiger partial charge in [-0.25, -0.2) is 0 Å². The SMILES string of the molecule is CC(C)COCCCN1CCN2CCCCC2C1. The topological polar surface area (TPSA) is 15.7 Å². The van der Waals surface area contributed by atoms with E-state index in [1.165, 1.54) is 58.4 Å². The quantitative estimate of drug-likeness (QED) is 0.676. The summed E-state index contributed by atoms with van der Waals surface area (Å²) in [7, 11) is 0. The standard InChI is InChI=1S/C15H30N2O/c1-14(2)13-18-11-5-7-16-9-10-17-8-4-3-6-15(17)12-16/h14-15H,3-13H2,1-2H3. The molecule has 0 aliphatic carbocycles. The summed E-state index contributed by atoms with van der Waals surface area (Å²) in [5.74, 6) is 0.663. The van der Waals surface area contributed by atoms with E-state index in [0.29, 0.717) is 5.92 Å². The maximum absolute atomic E-state index is 5.66. The number of nitrogens with zero attached hydrogens (tertiary/aromatic N) is 2. The molecular formula is C15H30N2O. The Hall–Kier alpha value is -0.120. The number of fused-ring (bicyclic) bond motifs is 1. The van der Waals surface area contributed by atoms with Gasteiger partial charge < -0.3 is 9.64 Å². The Kier molecular flexibility index (Phi) is 5.93. The molecule has 106 valence electrons. The van der Waals surface area contributed by atoms with Crippen LogP contribution in [-0.2, 0) is 4.74 Å². The molecule has 2 rings (SSSR count). The fourth-order valence-electron chi connectivity index (χ4n) is 3.13. The molecule has 0 radical (unpaired) electrons. The minimum atomic E-state index is 0.663. The van der Waals surface area contributed by atoms with Gasteiger partial charge in [-0.2, -0.15) is 0 Å². The highest BCUT2D eigenvalue weighted by molar-refractivity contribution is 4.84. The number of piperazine rings is 1. The smallest absolute Gasteiger partial charge is 0.0489 e. The number of rotatable bonds is 6. The van der Waals surface area contributed by atoms with E-state index in [2.05, 4.69) is 23.6 Å². The number of piperidine rings is 1. The first kappa shape index (κ1) is 14.3. The summed E-state index contributed by atoms with van der Waals surface area (Å²) in [5.41, 5.74) is 0. The average molecular weight is 254 g/mol. The number of ether oxygens (including phenoxy) is 1. The van der Waals surface area contributed by atoms with Crippen LogP contribution in [0.2, 0.25) is 0 Å². The molecule has 2 aliphatic heterocycles. The Morgan fingerprint density at radius 3 is 2.89 bits per heavy atom. The highest BCUT2D eigenvalue weighted by Crippen LogP contribution is 2.20. The summed E-state index contributed by atoms with van der Waals surface area (Å²) < 4.78 is 5.66. The van der Waals surface area contributed by atoms with Crippen molar-refractivity contribution in [1.29, 1.82) is 0 Å². The number of hydrogen-bond donors (Lipinski definition) is 0. The molecule has 0 bridgehead atoms. The molecule has 18 heavy (non-hydrogen) atoms. The van der Waals surface area contributed by atoms with Crippen LogP contribution in [0.15, 0.2) is 0 Å². The van der Waals surface area contributed by atoms with E-state index in [4.69, 9.17) is 4.74 Å². The third kappa shape index (κ3) is 4.52. The predicted molar refractivity (Wildman–Crippen MR) is 75.9 cm³/mol. The molecule has 0 amide bonds. The molecule has 0 saturated carbocycles. The number of hydrogen-bond acceptors (Lipinski definition) is 3. The van der Waals surface area contributed by atoms with E-state index < -0.39 is 0 Å². The van der Waals surface area contributed by atoms with Gasteiger partial charge in [-0.05, 0) is 31.7 Å². The first-order valence-electron chi connectivity index (χ1n) is 7.80. The van der Waals surface area contributed by atoms with Crippen molar-refractivity contribution in [3.05, 3.63) is 0 Å². The first-order chi connectivity index (χ1) is 8.75. The van der Waals surface area contributed by atoms with Crippen LogP contribution in [-0.4, -0.2) is 61.8 Å². The van der Waals surface area contributed by atoms with Crippen LogP contribution in [0.25, 0.3) is 0 Å². The molecule has 0 N–H and O–H groups in total. The van der Waals surface area contributed by atoms with E-state index in [9.17, 15) is 0 Å². The van der Waals surface area contributed by atoms with E-state index >= 15 is 0 Å². The lowest BCUT2D eigenvalue weighted by atomic mass is 9.99. The third-order valence-corrected chi connectivity index (χ3v) is 4.14. The molecule has 3 nitrogen and oxygen atoms in total. The van der Waals surface area contributed by atoms with Crippen molar-refractivity contribution < 1.29 is 4.74 Å². The van der Waals surface area contributed by atoms with Crippen molar-refractivity contribution in [2.45, 2.75) is 45.6 Å². The predicted octanol–water partition coefficient (Wildman–Crippen LogP) is 2.22. The zero-order chi connectivity index (χ0) is 12.8. The lowest BCUT2D eigenvalue weighted by molar-refractivity contribution is 0.0407. The average Bonchev–Trinajstić information content (AvgIpc) is 2.38. The molecular weight excluding hydrogens is 224 g/mol. The lowest BCUT2D eigenvalue weighted by Crippen LogP contribution is -2.54. The molecule has 0 aromatic rings. The van der Waals surface area contributed by atoms with Crippen LogP contribution in [0.1, 0.15) is 39.5 Å². The Morgan fingerprint density at radius 2 is 2.06 bits per heavy atom. The zero-order valence-corrected chi connectivity index (χ0v) is 12.2. The molecule has 1 atom stereocenters. The van der Waals surface area contributed by atoms with Gasteiger partial charge in [-0.1, -0.05) is 20.3 Å². The molecule has 0 aromatic heterocycles. The van der Waals surface area contributed by atoms with Gasteiger partial charge >= 0.3 is 0 Å². The molecule has 3 heteroatoms. The maximum atomic E-state index is 5.66. The summed E-state index contributed by atoms with van der Waals surface area (Å²) in [6, 6.07) is 0.851. The summed E-state index contributed by atoms with van der Waals surface area (Å²) in [6.07, 6.45) is 5.46. The van der Waals surface area contributed by atoms with Crippen LogP contribution < -0.4 is 0 Å². The second kappa shape index (κ2) is 7.46. The minimum Gasteiger partial charge on any atom is -0.381 e. The van der Waals surface area contributed by atoms with Gasteiger partial charge in [0.25, 0.3) is 0 Å². The van der Waals surface area contributed by atoms with E-state index in [1.54, 1.807) is 0 Å². The van der Waals surface area contributed by atoms with Crippen LogP contribution in [0.5, 0.6) is 0 Å². The van der Waals surface area contributed by atoms with E-state index in [-0.39, 0.29) is 0 Å². The fraction of sp³-hybridized carbons (Fsp3) is 1.00. The summed E-state index contributed by atoms with van der Waals surface area (Å²) >= 11 is 0. The highest BCUT2D eigenvalue weighted by Gasteiger charge is 2.28. The van der Waals surface area contributed by atoms with Crippen LogP contribution in [0.3, 0.4) is 0 Å². The second-order valence-electron chi connectivity index (χ2n) is 6.31. The zero-order valence-electron chi connectivity index (χ0n) is 12.2. The molecule has 2 fully saturated rings.